The molecule has 2 aromatic rings. The van der Waals surface area contributed by atoms with Crippen LogP contribution in [0.1, 0.15) is 5.56 Å². The van der Waals surface area contributed by atoms with Crippen molar-refractivity contribution in [1.29, 1.82) is 0 Å². The Labute approximate surface area is 119 Å². The Kier molecular flexibility index (Phi) is 4.94. The second kappa shape index (κ2) is 6.92. The Balaban J connectivity index is 1.76. The monoisotopic (exact) mass is 320 g/mol. The fourth-order valence-corrected chi connectivity index (χ4v) is 1.88. The summed E-state index contributed by atoms with van der Waals surface area (Å²) >= 11 is 3.33. The van der Waals surface area contributed by atoms with Crippen molar-refractivity contribution in [2.24, 2.45) is 0 Å². The average molecular weight is 321 g/mol. The molecule has 0 saturated carbocycles. The Morgan fingerprint density at radius 1 is 1.11 bits per heavy atom. The molecule has 0 unspecified atom stereocenters. The van der Waals surface area contributed by atoms with Crippen LogP contribution < -0.4 is 10.8 Å². The van der Waals surface area contributed by atoms with E-state index in [4.69, 9.17) is 4.84 Å². The maximum atomic E-state index is 11.6. The smallest absolute Gasteiger partial charge is 0.306 e. The van der Waals surface area contributed by atoms with Crippen LogP contribution in [0.2, 0.25) is 0 Å². The molecule has 2 rings (SSSR count). The van der Waals surface area contributed by atoms with Gasteiger partial charge in [0.05, 0.1) is 6.61 Å². The van der Waals surface area contributed by atoms with E-state index in [1.807, 2.05) is 42.5 Å². The van der Waals surface area contributed by atoms with Crippen LogP contribution in [0.3, 0.4) is 0 Å². The molecule has 0 aliphatic rings. The van der Waals surface area contributed by atoms with Gasteiger partial charge in [-0.3, -0.25) is 4.84 Å². The molecule has 4 nitrogen and oxygen atoms in total. The molecule has 0 fully saturated rings. The van der Waals surface area contributed by atoms with Gasteiger partial charge in [-0.1, -0.05) is 52.3 Å². The Morgan fingerprint density at radius 2 is 1.89 bits per heavy atom. The van der Waals surface area contributed by atoms with Crippen LogP contribution in [0.4, 0.5) is 10.5 Å². The third kappa shape index (κ3) is 4.73. The minimum atomic E-state index is -0.408. The zero-order valence-electron chi connectivity index (χ0n) is 10.1. The lowest BCUT2D eigenvalue weighted by Gasteiger charge is -2.08. The van der Waals surface area contributed by atoms with Gasteiger partial charge in [-0.2, -0.15) is 0 Å². The highest BCUT2D eigenvalue weighted by Crippen LogP contribution is 2.15. The van der Waals surface area contributed by atoms with Gasteiger partial charge in [-0.25, -0.2) is 10.3 Å². The van der Waals surface area contributed by atoms with Gasteiger partial charge in [-0.05, 0) is 23.8 Å². The van der Waals surface area contributed by atoms with Crippen molar-refractivity contribution < 1.29 is 9.63 Å². The molecule has 5 heteroatoms. The summed E-state index contributed by atoms with van der Waals surface area (Å²) in [6, 6.07) is 16.5. The summed E-state index contributed by atoms with van der Waals surface area (Å²) in [5.74, 6) is 0. The predicted octanol–water partition coefficient (Wildman–Crippen LogP) is 3.70. The van der Waals surface area contributed by atoms with E-state index in [0.717, 1.165) is 10.0 Å². The zero-order valence-corrected chi connectivity index (χ0v) is 11.7. The van der Waals surface area contributed by atoms with Crippen molar-refractivity contribution in [2.75, 3.05) is 5.32 Å². The molecule has 0 atom stereocenters. The number of carbonyl (C=O) groups excluding carboxylic acids is 1. The molecule has 98 valence electrons. The normalized spacial score (nSPS) is 9.95. The molecule has 0 heterocycles. The molecule has 0 aliphatic carbocycles. The van der Waals surface area contributed by atoms with Gasteiger partial charge in [0.1, 0.15) is 0 Å². The molecule has 2 amide bonds. The standard InChI is InChI=1S/C14H13BrN2O2/c15-12-7-4-8-13(9-12)16-14(18)17-19-10-11-5-2-1-3-6-11/h1-9H,10H2,(H2,16,17,18). The molecular formula is C14H13BrN2O2. The van der Waals surface area contributed by atoms with Crippen molar-refractivity contribution in [3.8, 4) is 0 Å². The van der Waals surface area contributed by atoms with E-state index in [9.17, 15) is 4.79 Å². The predicted molar refractivity (Wildman–Crippen MR) is 77.5 cm³/mol. The maximum Gasteiger partial charge on any atom is 0.343 e. The Bertz CT molecular complexity index is 546. The highest BCUT2D eigenvalue weighted by atomic mass is 79.9. The summed E-state index contributed by atoms with van der Waals surface area (Å²) in [5.41, 5.74) is 4.01. The fourth-order valence-electron chi connectivity index (χ4n) is 1.48. The Morgan fingerprint density at radius 3 is 2.63 bits per heavy atom. The van der Waals surface area contributed by atoms with Crippen LogP contribution in [0.5, 0.6) is 0 Å². The van der Waals surface area contributed by atoms with Gasteiger partial charge in [0, 0.05) is 10.2 Å². The topological polar surface area (TPSA) is 50.4 Å². The highest BCUT2D eigenvalue weighted by Gasteiger charge is 2.01. The van der Waals surface area contributed by atoms with Crippen LogP contribution in [0, 0.1) is 0 Å². The molecule has 0 aliphatic heterocycles. The van der Waals surface area contributed by atoms with Crippen LogP contribution in [0.15, 0.2) is 59.1 Å². The summed E-state index contributed by atoms with van der Waals surface area (Å²) in [5, 5.41) is 2.66. The number of nitrogens with one attached hydrogen (secondary N) is 2. The summed E-state index contributed by atoms with van der Waals surface area (Å²) in [6.45, 7) is 0.326. The summed E-state index contributed by atoms with van der Waals surface area (Å²) in [4.78, 5) is 16.7. The molecule has 0 radical (unpaired) electrons. The largest absolute Gasteiger partial charge is 0.343 e. The molecule has 0 spiro atoms. The number of urea groups is 1. The van der Waals surface area contributed by atoms with Gasteiger partial charge in [0.2, 0.25) is 0 Å². The number of anilines is 1. The van der Waals surface area contributed by atoms with Crippen LogP contribution in [-0.4, -0.2) is 6.03 Å². The zero-order chi connectivity index (χ0) is 13.5. The van der Waals surface area contributed by atoms with E-state index in [0.29, 0.717) is 12.3 Å². The van der Waals surface area contributed by atoms with Gasteiger partial charge in [0.25, 0.3) is 0 Å². The van der Waals surface area contributed by atoms with Crippen molar-refractivity contribution in [3.63, 3.8) is 0 Å². The number of hydroxylamine groups is 1. The van der Waals surface area contributed by atoms with Crippen molar-refractivity contribution in [1.82, 2.24) is 5.48 Å². The third-order valence-electron chi connectivity index (χ3n) is 2.33. The van der Waals surface area contributed by atoms with E-state index >= 15 is 0 Å². The Hall–Kier alpha value is -1.85. The van der Waals surface area contributed by atoms with Crippen molar-refractivity contribution in [2.45, 2.75) is 6.61 Å². The first-order valence-corrected chi connectivity index (χ1v) is 6.51. The lowest BCUT2D eigenvalue weighted by molar-refractivity contribution is 0.0536. The summed E-state index contributed by atoms with van der Waals surface area (Å²) < 4.78 is 0.899. The molecule has 2 N–H and O–H groups in total. The number of hydrogen-bond acceptors (Lipinski definition) is 2. The van der Waals surface area contributed by atoms with Crippen LogP contribution >= 0.6 is 15.9 Å². The highest BCUT2D eigenvalue weighted by molar-refractivity contribution is 9.10. The second-order valence-corrected chi connectivity index (χ2v) is 4.76. The molecule has 19 heavy (non-hydrogen) atoms. The number of amides is 2. The lowest BCUT2D eigenvalue weighted by atomic mass is 10.2. The summed E-state index contributed by atoms with van der Waals surface area (Å²) in [6.07, 6.45) is 0. The van der Waals surface area contributed by atoms with E-state index < -0.39 is 6.03 Å². The first kappa shape index (κ1) is 13.6. The minimum absolute atomic E-state index is 0.326. The lowest BCUT2D eigenvalue weighted by Crippen LogP contribution is -2.28. The minimum Gasteiger partial charge on any atom is -0.306 e. The van der Waals surface area contributed by atoms with Gasteiger partial charge < -0.3 is 5.32 Å². The van der Waals surface area contributed by atoms with E-state index in [1.54, 1.807) is 12.1 Å². The van der Waals surface area contributed by atoms with Crippen molar-refractivity contribution >= 4 is 27.6 Å². The van der Waals surface area contributed by atoms with Gasteiger partial charge in [0.15, 0.2) is 0 Å². The fraction of sp³-hybridized carbons (Fsp3) is 0.0714. The SMILES string of the molecule is O=C(NOCc1ccccc1)Nc1cccc(Br)c1. The molecule has 0 saturated heterocycles. The molecule has 0 aromatic heterocycles. The van der Waals surface area contributed by atoms with E-state index in [2.05, 4.69) is 26.7 Å². The average Bonchev–Trinajstić information content (AvgIpc) is 2.40. The second-order valence-electron chi connectivity index (χ2n) is 3.84. The number of rotatable bonds is 4. The third-order valence-corrected chi connectivity index (χ3v) is 2.82. The molecule has 0 bridgehead atoms. The first-order chi connectivity index (χ1) is 9.24. The quantitative estimate of drug-likeness (QED) is 0.844. The number of halogens is 1. The maximum absolute atomic E-state index is 11.6. The van der Waals surface area contributed by atoms with E-state index in [-0.39, 0.29) is 0 Å². The van der Waals surface area contributed by atoms with E-state index in [1.165, 1.54) is 0 Å². The molecular weight excluding hydrogens is 308 g/mol. The van der Waals surface area contributed by atoms with Crippen LogP contribution in [0.25, 0.3) is 0 Å². The number of hydrogen-bond donors (Lipinski definition) is 2. The summed E-state index contributed by atoms with van der Waals surface area (Å²) in [7, 11) is 0. The number of benzene rings is 2. The molecule has 2 aromatic carbocycles. The first-order valence-electron chi connectivity index (χ1n) is 5.72. The van der Waals surface area contributed by atoms with Gasteiger partial charge >= 0.3 is 6.03 Å². The van der Waals surface area contributed by atoms with Gasteiger partial charge in [-0.15, -0.1) is 0 Å². The van der Waals surface area contributed by atoms with Crippen molar-refractivity contribution in [3.05, 3.63) is 64.6 Å². The number of carbonyl (C=O) groups is 1. The van der Waals surface area contributed by atoms with Crippen LogP contribution in [-0.2, 0) is 11.4 Å².